The van der Waals surface area contributed by atoms with Crippen LogP contribution in [0.15, 0.2) is 29.1 Å². The zero-order chi connectivity index (χ0) is 36.0. The highest BCUT2D eigenvalue weighted by Crippen LogP contribution is 2.50. The van der Waals surface area contributed by atoms with Gasteiger partial charge in [-0.05, 0) is 87.3 Å². The summed E-state index contributed by atoms with van der Waals surface area (Å²) in [5.41, 5.74) is 2.40. The second-order valence-corrected chi connectivity index (χ2v) is 13.8. The molecule has 2 aromatic rings. The lowest BCUT2D eigenvalue weighted by atomic mass is 9.95. The van der Waals surface area contributed by atoms with Crippen LogP contribution in [0.5, 0.6) is 17.2 Å². The Kier molecular flexibility index (Phi) is 12.1. The predicted octanol–water partition coefficient (Wildman–Crippen LogP) is 5.21. The molecule has 1 aliphatic heterocycles. The number of hydrogen-bond acceptors (Lipinski definition) is 9. The molecule has 1 aliphatic carbocycles. The van der Waals surface area contributed by atoms with Crippen LogP contribution in [-0.4, -0.2) is 74.9 Å². The van der Waals surface area contributed by atoms with E-state index in [1.54, 1.807) is 38.4 Å². The van der Waals surface area contributed by atoms with Gasteiger partial charge in [-0.2, -0.15) is 0 Å². The number of aryl methyl sites for hydroxylation is 1. The smallest absolute Gasteiger partial charge is 0.407 e. The average molecular weight is 681 g/mol. The quantitative estimate of drug-likeness (QED) is 0.308. The number of carbonyl (C=O) groups is 3. The van der Waals surface area contributed by atoms with Crippen LogP contribution in [-0.2, 0) is 20.7 Å². The van der Waals surface area contributed by atoms with Crippen molar-refractivity contribution in [2.45, 2.75) is 97.4 Å². The summed E-state index contributed by atoms with van der Waals surface area (Å²) in [5.74, 6) is 1.01. The molecule has 1 heterocycles. The molecule has 0 bridgehead atoms. The number of likely N-dealkylation sites (tertiary alicyclic amines) is 1. The number of nitrogens with zero attached hydrogens (tertiary/aromatic N) is 1. The Hall–Kier alpha value is -4.48. The number of hydrogen-bond donors (Lipinski definition) is 3. The van der Waals surface area contributed by atoms with Gasteiger partial charge in [-0.1, -0.05) is 26.3 Å². The monoisotopic (exact) mass is 680 g/mol. The van der Waals surface area contributed by atoms with Gasteiger partial charge in [0.1, 0.15) is 11.6 Å². The zero-order valence-corrected chi connectivity index (χ0v) is 30.3. The fourth-order valence-electron chi connectivity index (χ4n) is 6.59. The van der Waals surface area contributed by atoms with Crippen molar-refractivity contribution in [1.82, 2.24) is 15.5 Å². The van der Waals surface area contributed by atoms with E-state index < -0.39 is 23.8 Å². The first-order valence-electron chi connectivity index (χ1n) is 17.0. The molecule has 12 heteroatoms. The molecule has 2 aromatic carbocycles. The Morgan fingerprint density at radius 1 is 0.959 bits per heavy atom. The van der Waals surface area contributed by atoms with Gasteiger partial charge in [0, 0.05) is 31.6 Å². The van der Waals surface area contributed by atoms with Crippen LogP contribution in [0.3, 0.4) is 0 Å². The number of anilines is 1. The summed E-state index contributed by atoms with van der Waals surface area (Å²) in [6.07, 6.45) is 2.56. The Morgan fingerprint density at radius 2 is 1.63 bits per heavy atom. The molecule has 0 spiro atoms. The highest BCUT2D eigenvalue weighted by molar-refractivity contribution is 5.86. The normalized spacial score (nSPS) is 17.3. The maximum atomic E-state index is 14.0. The van der Waals surface area contributed by atoms with Gasteiger partial charge in [0.2, 0.25) is 23.0 Å². The van der Waals surface area contributed by atoms with Crippen molar-refractivity contribution in [2.75, 3.05) is 39.7 Å². The Labute approximate surface area is 289 Å². The average Bonchev–Trinajstić information content (AvgIpc) is 3.29. The van der Waals surface area contributed by atoms with Crippen LogP contribution in [0.4, 0.5) is 10.5 Å². The van der Waals surface area contributed by atoms with Gasteiger partial charge in [-0.3, -0.25) is 14.4 Å². The van der Waals surface area contributed by atoms with Gasteiger partial charge >= 0.3 is 6.09 Å². The lowest BCUT2D eigenvalue weighted by Gasteiger charge is -2.36. The number of ether oxygens (including phenoxy) is 4. The van der Waals surface area contributed by atoms with E-state index >= 15 is 0 Å². The fourth-order valence-corrected chi connectivity index (χ4v) is 6.59. The van der Waals surface area contributed by atoms with Gasteiger partial charge in [0.25, 0.3) is 0 Å². The highest BCUT2D eigenvalue weighted by Gasteiger charge is 2.34. The van der Waals surface area contributed by atoms with Crippen LogP contribution < -0.4 is 35.6 Å². The number of alkyl carbamates (subject to hydrolysis) is 1. The molecular formula is C37H52N4O8. The molecule has 0 aromatic heterocycles. The number of piperidine rings is 1. The van der Waals surface area contributed by atoms with E-state index in [-0.39, 0.29) is 34.9 Å². The summed E-state index contributed by atoms with van der Waals surface area (Å²) < 4.78 is 22.6. The molecule has 0 saturated carbocycles. The second kappa shape index (κ2) is 15.8. The summed E-state index contributed by atoms with van der Waals surface area (Å²) in [7, 11) is 4.66. The van der Waals surface area contributed by atoms with Crippen molar-refractivity contribution in [1.29, 1.82) is 0 Å². The van der Waals surface area contributed by atoms with Crippen molar-refractivity contribution in [3.63, 3.8) is 0 Å². The van der Waals surface area contributed by atoms with Gasteiger partial charge in [0.15, 0.2) is 11.5 Å². The first kappa shape index (κ1) is 37.3. The third kappa shape index (κ3) is 8.76. The molecule has 1 saturated heterocycles. The molecule has 268 valence electrons. The number of methoxy groups -OCH3 is 3. The Morgan fingerprint density at radius 3 is 2.20 bits per heavy atom. The summed E-state index contributed by atoms with van der Waals surface area (Å²) in [6.45, 7) is 11.8. The minimum atomic E-state index is -0.660. The van der Waals surface area contributed by atoms with Gasteiger partial charge < -0.3 is 39.8 Å². The van der Waals surface area contributed by atoms with Crippen molar-refractivity contribution < 1.29 is 33.3 Å². The van der Waals surface area contributed by atoms with Gasteiger partial charge in [0.05, 0.1) is 33.1 Å². The molecule has 12 nitrogen and oxygen atoms in total. The summed E-state index contributed by atoms with van der Waals surface area (Å²) >= 11 is 0. The number of rotatable bonds is 10. The van der Waals surface area contributed by atoms with Crippen molar-refractivity contribution in [3.8, 4) is 28.4 Å². The molecule has 3 N–H and O–H groups in total. The number of carbonyl (C=O) groups excluding carboxylic acids is 3. The number of nitrogens with one attached hydrogen (secondary N) is 3. The van der Waals surface area contributed by atoms with E-state index in [2.05, 4.69) is 16.0 Å². The number of fused-ring (bicyclic) bond motifs is 3. The van der Waals surface area contributed by atoms with E-state index in [4.69, 9.17) is 18.9 Å². The van der Waals surface area contributed by atoms with E-state index in [1.807, 2.05) is 46.8 Å². The van der Waals surface area contributed by atoms with Crippen LogP contribution in [0.1, 0.15) is 84.4 Å². The van der Waals surface area contributed by atoms with Crippen LogP contribution in [0.25, 0.3) is 11.1 Å². The van der Waals surface area contributed by atoms with Gasteiger partial charge in [-0.25, -0.2) is 4.79 Å². The largest absolute Gasteiger partial charge is 0.493 e. The van der Waals surface area contributed by atoms with E-state index in [0.29, 0.717) is 73.6 Å². The van der Waals surface area contributed by atoms with Gasteiger partial charge in [-0.15, -0.1) is 0 Å². The predicted molar refractivity (Wildman–Crippen MR) is 189 cm³/mol. The third-order valence-electron chi connectivity index (χ3n) is 9.23. The SMILES string of the molecule is CC[C@H](C)[C@H](Nc1ccc2c(cc1=O)[C@H](NC(C)=O)CCc1cc(OC)c(OC)c(OC)c1-2)C(=O)N1CCC(NC(=O)OC(C)(C)C)CC1. The first-order chi connectivity index (χ1) is 23.2. The maximum absolute atomic E-state index is 14.0. The molecule has 0 unspecified atom stereocenters. The maximum Gasteiger partial charge on any atom is 0.407 e. The van der Waals surface area contributed by atoms with Crippen molar-refractivity contribution in [2.24, 2.45) is 5.92 Å². The summed E-state index contributed by atoms with van der Waals surface area (Å²) in [6, 6.07) is 5.81. The highest BCUT2D eigenvalue weighted by atomic mass is 16.6. The standard InChI is InChI=1S/C37H52N4O8/c1-10-21(2)32(35(44)41-17-15-24(16-18-41)39-36(45)49-37(4,5)6)40-28-14-12-25-26(20-29(28)43)27(38-22(3)42)13-11-23-19-30(46-7)33(47-8)34(48-9)31(23)25/h12,14,19-21,24,27,32H,10-11,13,15-18H2,1-9H3,(H,38,42)(H,39,45)(H,40,43)/t21-,27+,32-/m0/s1. The van der Waals surface area contributed by atoms with Crippen LogP contribution in [0.2, 0.25) is 0 Å². The molecule has 49 heavy (non-hydrogen) atoms. The van der Waals surface area contributed by atoms with Crippen LogP contribution in [0, 0.1) is 5.92 Å². The molecule has 2 aliphatic rings. The minimum absolute atomic E-state index is 0.0856. The zero-order valence-electron chi connectivity index (χ0n) is 30.3. The summed E-state index contributed by atoms with van der Waals surface area (Å²) in [4.78, 5) is 54.4. The fraction of sp³-hybridized carbons (Fsp3) is 0.568. The molecule has 3 atom stereocenters. The lowest BCUT2D eigenvalue weighted by molar-refractivity contribution is -0.134. The Bertz CT molecular complexity index is 1600. The third-order valence-corrected chi connectivity index (χ3v) is 9.23. The number of amides is 3. The number of benzene rings is 1. The van der Waals surface area contributed by atoms with Crippen LogP contribution >= 0.6 is 0 Å². The van der Waals surface area contributed by atoms with Crippen molar-refractivity contribution in [3.05, 3.63) is 45.6 Å². The molecule has 4 rings (SSSR count). The topological polar surface area (TPSA) is 145 Å². The minimum Gasteiger partial charge on any atom is -0.493 e. The molecule has 1 fully saturated rings. The van der Waals surface area contributed by atoms with E-state index in [0.717, 1.165) is 11.1 Å². The second-order valence-electron chi connectivity index (χ2n) is 13.8. The molecule has 0 radical (unpaired) electrons. The van der Waals surface area contributed by atoms with E-state index in [9.17, 15) is 19.2 Å². The lowest BCUT2D eigenvalue weighted by Crippen LogP contribution is -2.52. The molecule has 3 amide bonds. The summed E-state index contributed by atoms with van der Waals surface area (Å²) in [5, 5.41) is 9.26. The Balaban J connectivity index is 1.69. The first-order valence-corrected chi connectivity index (χ1v) is 17.0. The van der Waals surface area contributed by atoms with Crippen molar-refractivity contribution >= 4 is 23.6 Å². The molecular weight excluding hydrogens is 628 g/mol. The van der Waals surface area contributed by atoms with E-state index in [1.165, 1.54) is 6.92 Å².